The number of nitrogens with one attached hydrogen (secondary N) is 1. The Hall–Kier alpha value is -5.10. The van der Waals surface area contributed by atoms with Gasteiger partial charge in [-0.2, -0.15) is 0 Å². The van der Waals surface area contributed by atoms with E-state index in [-0.39, 0.29) is 29.4 Å². The van der Waals surface area contributed by atoms with Crippen molar-refractivity contribution in [1.82, 2.24) is 25.0 Å². The van der Waals surface area contributed by atoms with Crippen molar-refractivity contribution >= 4 is 58.1 Å². The number of piperazine rings is 1. The number of fused-ring (bicyclic) bond motifs is 1. The van der Waals surface area contributed by atoms with Crippen LogP contribution < -0.4 is 20.0 Å². The minimum atomic E-state index is -1.09. The number of amides is 4. The van der Waals surface area contributed by atoms with E-state index in [2.05, 4.69) is 48.8 Å². The highest BCUT2D eigenvalue weighted by molar-refractivity contribution is 6.33. The van der Waals surface area contributed by atoms with Gasteiger partial charge in [0.1, 0.15) is 17.7 Å². The number of anilines is 3. The van der Waals surface area contributed by atoms with Crippen LogP contribution in [0.5, 0.6) is 0 Å². The van der Waals surface area contributed by atoms with Crippen LogP contribution in [0.2, 0.25) is 5.02 Å². The van der Waals surface area contributed by atoms with Gasteiger partial charge in [0.15, 0.2) is 0 Å². The Kier molecular flexibility index (Phi) is 10.6. The van der Waals surface area contributed by atoms with Crippen molar-refractivity contribution in [2.75, 3.05) is 73.6 Å². The van der Waals surface area contributed by atoms with Gasteiger partial charge in [-0.1, -0.05) is 23.7 Å². The molecule has 0 bridgehead atoms. The summed E-state index contributed by atoms with van der Waals surface area (Å²) < 4.78 is 15.5. The molecule has 0 saturated carbocycles. The van der Waals surface area contributed by atoms with Crippen molar-refractivity contribution in [2.24, 2.45) is 5.41 Å². The highest BCUT2D eigenvalue weighted by Gasteiger charge is 2.46. The Morgan fingerprint density at radius 2 is 1.63 bits per heavy atom. The number of imide groups is 2. The highest BCUT2D eigenvalue weighted by Crippen LogP contribution is 2.46. The van der Waals surface area contributed by atoms with Crippen LogP contribution in [0.3, 0.4) is 0 Å². The molecule has 2 atom stereocenters. The molecule has 3 aromatic rings. The normalized spacial score (nSPS) is 24.2. The molecule has 59 heavy (non-hydrogen) atoms. The number of halogens is 2. The number of nitrogens with zero attached hydrogens (tertiary/aromatic N) is 8. The van der Waals surface area contributed by atoms with Crippen molar-refractivity contribution in [2.45, 2.75) is 76.5 Å². The molecule has 9 rings (SSSR count). The van der Waals surface area contributed by atoms with Crippen molar-refractivity contribution in [1.29, 1.82) is 0 Å². The van der Waals surface area contributed by atoms with E-state index >= 15 is 4.39 Å². The third kappa shape index (κ3) is 7.53. The summed E-state index contributed by atoms with van der Waals surface area (Å²) >= 11 is 6.39. The van der Waals surface area contributed by atoms with Gasteiger partial charge in [-0.25, -0.2) is 14.2 Å². The minimum Gasteiger partial charge on any atom is -0.369 e. The number of piperidine rings is 3. The molecule has 13 nitrogen and oxygen atoms in total. The van der Waals surface area contributed by atoms with E-state index in [1.165, 1.54) is 11.6 Å². The first-order valence-electron chi connectivity index (χ1n) is 20.9. The largest absolute Gasteiger partial charge is 0.369 e. The number of hydrogen-bond donors (Lipinski definition) is 1. The first kappa shape index (κ1) is 39.4. The number of benzene rings is 2. The predicted molar refractivity (Wildman–Crippen MR) is 222 cm³/mol. The molecule has 1 N–H and O–H groups in total. The maximum Gasteiger partial charge on any atom is 0.262 e. The molecular weight excluding hydrogens is 773 g/mol. The molecule has 308 valence electrons. The molecule has 1 spiro atoms. The molecule has 0 radical (unpaired) electrons. The summed E-state index contributed by atoms with van der Waals surface area (Å²) in [4.78, 5) is 71.7. The average molecular weight is 822 g/mol. The molecule has 5 saturated heterocycles. The Bertz CT molecular complexity index is 2210. The monoisotopic (exact) mass is 821 g/mol. The lowest BCUT2D eigenvalue weighted by Crippen LogP contribution is -2.54. The SMILES string of the molecule is [C-]#[N+]c1ccc(N2CC3(CCN(c4ccc(CN5CCN(C6CCN(c7cc8c(cc7F)C(=O)N(C7CCC(=O)NC7=O)C8=O)CC6)CC5)cn4)CC3)C[C@@H]2C)cc1Cl. The second kappa shape index (κ2) is 15.8. The van der Waals surface area contributed by atoms with Crippen LogP contribution in [0.1, 0.15) is 78.1 Å². The Morgan fingerprint density at radius 1 is 0.898 bits per heavy atom. The summed E-state index contributed by atoms with van der Waals surface area (Å²) in [5.41, 5.74) is 3.43. The van der Waals surface area contributed by atoms with E-state index in [0.29, 0.717) is 41.6 Å². The molecule has 1 aromatic heterocycles. The van der Waals surface area contributed by atoms with E-state index in [0.717, 1.165) is 107 Å². The van der Waals surface area contributed by atoms with Gasteiger partial charge in [0.2, 0.25) is 17.5 Å². The number of aromatic nitrogens is 1. The summed E-state index contributed by atoms with van der Waals surface area (Å²) in [5.74, 6) is -1.98. The van der Waals surface area contributed by atoms with Crippen molar-refractivity contribution in [3.8, 4) is 0 Å². The molecule has 6 aliphatic rings. The van der Waals surface area contributed by atoms with Crippen molar-refractivity contribution in [3.63, 3.8) is 0 Å². The molecule has 4 amide bonds. The average Bonchev–Trinajstić information content (AvgIpc) is 3.68. The predicted octanol–water partition coefficient (Wildman–Crippen LogP) is 5.50. The number of hydrogen-bond acceptors (Lipinski definition) is 10. The summed E-state index contributed by atoms with van der Waals surface area (Å²) in [6.07, 6.45) is 7.23. The maximum absolute atomic E-state index is 15.5. The van der Waals surface area contributed by atoms with E-state index < -0.39 is 35.5 Å². The first-order chi connectivity index (χ1) is 28.5. The van der Waals surface area contributed by atoms with Crippen molar-refractivity contribution < 1.29 is 23.6 Å². The summed E-state index contributed by atoms with van der Waals surface area (Å²) in [7, 11) is 0. The Labute approximate surface area is 348 Å². The van der Waals surface area contributed by atoms with Crippen LogP contribution in [0, 0.1) is 17.8 Å². The van der Waals surface area contributed by atoms with Gasteiger partial charge in [0.25, 0.3) is 11.8 Å². The molecule has 7 heterocycles. The zero-order chi connectivity index (χ0) is 41.0. The van der Waals surface area contributed by atoms with Gasteiger partial charge in [-0.15, -0.1) is 0 Å². The second-order valence-electron chi connectivity index (χ2n) is 17.3. The number of carbonyl (C=O) groups is 4. The summed E-state index contributed by atoms with van der Waals surface area (Å²) in [6.45, 7) is 18.5. The second-order valence-corrected chi connectivity index (χ2v) is 17.7. The number of rotatable bonds is 7. The molecule has 0 aliphatic carbocycles. The highest BCUT2D eigenvalue weighted by atomic mass is 35.5. The van der Waals surface area contributed by atoms with Gasteiger partial charge in [0.05, 0.1) is 23.4 Å². The lowest BCUT2D eigenvalue weighted by Gasteiger charge is -2.43. The van der Waals surface area contributed by atoms with Crippen LogP contribution in [-0.2, 0) is 16.1 Å². The fourth-order valence-electron chi connectivity index (χ4n) is 10.4. The van der Waals surface area contributed by atoms with Crippen molar-refractivity contribution in [3.05, 3.63) is 87.6 Å². The molecule has 15 heteroatoms. The molecule has 1 unspecified atom stereocenters. The fourth-order valence-corrected chi connectivity index (χ4v) is 10.7. The number of carbonyl (C=O) groups excluding carboxylic acids is 4. The zero-order valence-electron chi connectivity index (χ0n) is 33.3. The smallest absolute Gasteiger partial charge is 0.262 e. The molecule has 2 aromatic carbocycles. The van der Waals surface area contributed by atoms with E-state index in [1.54, 1.807) is 0 Å². The van der Waals surface area contributed by atoms with E-state index in [9.17, 15) is 19.2 Å². The van der Waals surface area contributed by atoms with Gasteiger partial charge in [-0.3, -0.25) is 39.2 Å². The molecule has 5 fully saturated rings. The minimum absolute atomic E-state index is 0.0289. The molecular formula is C44H49ClFN9O4. The van der Waals surface area contributed by atoms with Gasteiger partial charge < -0.3 is 14.7 Å². The van der Waals surface area contributed by atoms with Gasteiger partial charge >= 0.3 is 0 Å². The van der Waals surface area contributed by atoms with Crippen LogP contribution in [0.25, 0.3) is 4.85 Å². The Morgan fingerprint density at radius 3 is 2.29 bits per heavy atom. The number of pyridine rings is 1. The standard InChI is InChI=1S/C44H49ClFN9O4/c1-28-24-44(27-54(28)31-4-5-36(47-2)34(45)21-31)11-15-53(16-12-44)39-7-3-29(25-48-39)26-50-17-19-51(20-18-50)30-9-13-52(14-10-30)38-23-33-32(22-35(38)46)42(58)55(43(33)59)37-6-8-40(56)49-41(37)57/h3-5,7,21-23,25,28,30,37H,6,8-20,24,26-27H2,1H3,(H,49,56,57)/t28-,37?/m0/s1. The zero-order valence-corrected chi connectivity index (χ0v) is 34.1. The first-order valence-corrected chi connectivity index (χ1v) is 21.3. The van der Waals surface area contributed by atoms with Crippen LogP contribution in [0.15, 0.2) is 48.7 Å². The quantitative estimate of drug-likeness (QED) is 0.242. The third-order valence-corrected chi connectivity index (χ3v) is 14.1. The van der Waals surface area contributed by atoms with Crippen LogP contribution in [0.4, 0.5) is 27.3 Å². The third-order valence-electron chi connectivity index (χ3n) is 13.7. The lowest BCUT2D eigenvalue weighted by molar-refractivity contribution is -0.136. The van der Waals surface area contributed by atoms with E-state index in [1.807, 2.05) is 29.3 Å². The molecule has 6 aliphatic heterocycles. The van der Waals surface area contributed by atoms with Gasteiger partial charge in [-0.05, 0) is 86.8 Å². The lowest BCUT2D eigenvalue weighted by atomic mass is 9.77. The summed E-state index contributed by atoms with van der Waals surface area (Å²) in [6, 6.07) is 12.5. The Balaban J connectivity index is 0.730. The maximum atomic E-state index is 15.5. The fraction of sp³-hybridized carbons (Fsp3) is 0.500. The van der Waals surface area contributed by atoms with E-state index in [4.69, 9.17) is 23.2 Å². The topological polar surface area (TPSA) is 117 Å². The van der Waals surface area contributed by atoms with Gasteiger partial charge in [0, 0.05) is 101 Å². The van der Waals surface area contributed by atoms with Crippen LogP contribution in [-0.4, -0.2) is 120 Å². The van der Waals surface area contributed by atoms with Crippen LogP contribution >= 0.6 is 11.6 Å². The summed E-state index contributed by atoms with van der Waals surface area (Å²) in [5, 5.41) is 2.71.